The van der Waals surface area contributed by atoms with Crippen molar-refractivity contribution < 1.29 is 15.0 Å². The molecule has 0 saturated carbocycles. The minimum absolute atomic E-state index is 0.197. The second-order valence-electron chi connectivity index (χ2n) is 4.01. The van der Waals surface area contributed by atoms with Gasteiger partial charge in [0.05, 0.1) is 17.4 Å². The quantitative estimate of drug-likeness (QED) is 0.618. The van der Waals surface area contributed by atoms with Gasteiger partial charge in [-0.1, -0.05) is 0 Å². The third kappa shape index (κ3) is 5.42. The van der Waals surface area contributed by atoms with Crippen LogP contribution in [0.15, 0.2) is 18.3 Å². The van der Waals surface area contributed by atoms with Crippen molar-refractivity contribution in [3.63, 3.8) is 0 Å². The average Bonchev–Trinajstić information content (AvgIpc) is 2.29. The van der Waals surface area contributed by atoms with Crippen molar-refractivity contribution >= 4 is 5.97 Å². The number of nitrogens with zero attached hydrogens (tertiary/aromatic N) is 1. The van der Waals surface area contributed by atoms with E-state index in [1.54, 1.807) is 19.1 Å². The number of hydrogen-bond donors (Lipinski definition) is 3. The van der Waals surface area contributed by atoms with E-state index < -0.39 is 5.97 Å². The van der Waals surface area contributed by atoms with Crippen LogP contribution in [0.1, 0.15) is 35.8 Å². The molecule has 5 heteroatoms. The zero-order chi connectivity index (χ0) is 12.7. The molecule has 1 unspecified atom stereocenters. The Balaban J connectivity index is 2.25. The van der Waals surface area contributed by atoms with Crippen LogP contribution in [0.5, 0.6) is 0 Å². The van der Waals surface area contributed by atoms with Gasteiger partial charge in [-0.2, -0.15) is 0 Å². The first-order valence-corrected chi connectivity index (χ1v) is 5.66. The molecule has 1 rings (SSSR count). The van der Waals surface area contributed by atoms with Crippen molar-refractivity contribution in [3.05, 3.63) is 29.6 Å². The number of rotatable bonds is 7. The summed E-state index contributed by atoms with van der Waals surface area (Å²) in [6.07, 6.45) is 2.78. The molecule has 0 aromatic carbocycles. The predicted molar refractivity (Wildman–Crippen MR) is 63.8 cm³/mol. The monoisotopic (exact) mass is 238 g/mol. The van der Waals surface area contributed by atoms with Gasteiger partial charge in [-0.05, 0) is 38.4 Å². The van der Waals surface area contributed by atoms with Crippen molar-refractivity contribution in [3.8, 4) is 0 Å². The lowest BCUT2D eigenvalue weighted by molar-refractivity contribution is 0.0696. The van der Waals surface area contributed by atoms with Gasteiger partial charge in [0.15, 0.2) is 0 Å². The van der Waals surface area contributed by atoms with E-state index in [0.29, 0.717) is 6.54 Å². The van der Waals surface area contributed by atoms with Crippen molar-refractivity contribution in [1.82, 2.24) is 10.3 Å². The van der Waals surface area contributed by atoms with Gasteiger partial charge in [-0.3, -0.25) is 4.98 Å². The van der Waals surface area contributed by atoms with Gasteiger partial charge in [-0.15, -0.1) is 0 Å². The summed E-state index contributed by atoms with van der Waals surface area (Å²) >= 11 is 0. The molecule has 0 fully saturated rings. The van der Waals surface area contributed by atoms with Crippen molar-refractivity contribution in [2.45, 2.75) is 32.4 Å². The van der Waals surface area contributed by atoms with Gasteiger partial charge in [-0.25, -0.2) is 4.79 Å². The van der Waals surface area contributed by atoms with E-state index in [2.05, 4.69) is 10.3 Å². The van der Waals surface area contributed by atoms with Gasteiger partial charge in [0.2, 0.25) is 0 Å². The SMILES string of the molecule is CC(O)CCCNCc1ccc(C(=O)O)cn1. The molecule has 0 aliphatic heterocycles. The molecule has 0 saturated heterocycles. The molecule has 0 spiro atoms. The Kier molecular flexibility index (Phi) is 5.59. The van der Waals surface area contributed by atoms with Crippen molar-refractivity contribution in [1.29, 1.82) is 0 Å². The summed E-state index contributed by atoms with van der Waals surface area (Å²) in [5.74, 6) is -0.964. The number of nitrogens with one attached hydrogen (secondary N) is 1. The minimum atomic E-state index is -0.964. The number of aromatic carboxylic acids is 1. The molecule has 0 amide bonds. The highest BCUT2D eigenvalue weighted by atomic mass is 16.4. The second kappa shape index (κ2) is 6.98. The standard InChI is InChI=1S/C12H18N2O3/c1-9(15)3-2-6-13-8-11-5-4-10(7-14-11)12(16)17/h4-5,7,9,13,15H,2-3,6,8H2,1H3,(H,16,17). The van der Waals surface area contributed by atoms with E-state index in [4.69, 9.17) is 10.2 Å². The number of aromatic nitrogens is 1. The Morgan fingerprint density at radius 2 is 2.29 bits per heavy atom. The maximum atomic E-state index is 10.6. The molecule has 0 aliphatic rings. The summed E-state index contributed by atoms with van der Waals surface area (Å²) < 4.78 is 0. The molecule has 5 nitrogen and oxygen atoms in total. The summed E-state index contributed by atoms with van der Waals surface area (Å²) in [5.41, 5.74) is 1.01. The Morgan fingerprint density at radius 1 is 1.53 bits per heavy atom. The summed E-state index contributed by atoms with van der Waals surface area (Å²) in [6.45, 7) is 3.19. The van der Waals surface area contributed by atoms with Gasteiger partial charge in [0.25, 0.3) is 0 Å². The van der Waals surface area contributed by atoms with Gasteiger partial charge < -0.3 is 15.5 Å². The topological polar surface area (TPSA) is 82.5 Å². The van der Waals surface area contributed by atoms with Crippen LogP contribution in [0.3, 0.4) is 0 Å². The fourth-order valence-corrected chi connectivity index (χ4v) is 1.39. The van der Waals surface area contributed by atoms with Crippen LogP contribution in [0.4, 0.5) is 0 Å². The molecule has 1 aromatic heterocycles. The third-order valence-corrected chi connectivity index (χ3v) is 2.35. The number of aliphatic hydroxyl groups is 1. The molecule has 0 aliphatic carbocycles. The minimum Gasteiger partial charge on any atom is -0.478 e. The van der Waals surface area contributed by atoms with E-state index in [1.165, 1.54) is 6.20 Å². The molecule has 17 heavy (non-hydrogen) atoms. The van der Waals surface area contributed by atoms with E-state index in [-0.39, 0.29) is 11.7 Å². The number of carboxylic acids is 1. The van der Waals surface area contributed by atoms with E-state index in [1.807, 2.05) is 0 Å². The van der Waals surface area contributed by atoms with Crippen LogP contribution >= 0.6 is 0 Å². The second-order valence-corrected chi connectivity index (χ2v) is 4.01. The molecule has 94 valence electrons. The molecule has 0 radical (unpaired) electrons. The number of carbonyl (C=O) groups is 1. The number of aliphatic hydroxyl groups excluding tert-OH is 1. The van der Waals surface area contributed by atoms with Crippen LogP contribution in [-0.4, -0.2) is 33.8 Å². The Labute approximate surface area is 101 Å². The predicted octanol–water partition coefficient (Wildman–Crippen LogP) is 1.03. The van der Waals surface area contributed by atoms with E-state index >= 15 is 0 Å². The molecule has 1 heterocycles. The Morgan fingerprint density at radius 3 is 2.82 bits per heavy atom. The highest BCUT2D eigenvalue weighted by Gasteiger charge is 2.02. The van der Waals surface area contributed by atoms with Crippen LogP contribution in [-0.2, 0) is 6.54 Å². The zero-order valence-corrected chi connectivity index (χ0v) is 9.89. The summed E-state index contributed by atoms with van der Waals surface area (Å²) in [4.78, 5) is 14.6. The molecule has 3 N–H and O–H groups in total. The van der Waals surface area contributed by atoms with E-state index in [9.17, 15) is 4.79 Å². The smallest absolute Gasteiger partial charge is 0.337 e. The molecular formula is C12H18N2O3. The van der Waals surface area contributed by atoms with Crippen molar-refractivity contribution in [2.24, 2.45) is 0 Å². The van der Waals surface area contributed by atoms with Gasteiger partial charge in [0.1, 0.15) is 0 Å². The highest BCUT2D eigenvalue weighted by Crippen LogP contribution is 2.00. The molecule has 1 atom stereocenters. The first kappa shape index (κ1) is 13.6. The lowest BCUT2D eigenvalue weighted by atomic mass is 10.2. The zero-order valence-electron chi connectivity index (χ0n) is 9.89. The number of pyridine rings is 1. The fourth-order valence-electron chi connectivity index (χ4n) is 1.39. The Bertz CT molecular complexity index is 349. The normalized spacial score (nSPS) is 12.4. The summed E-state index contributed by atoms with van der Waals surface area (Å²) in [6, 6.07) is 3.24. The molecule has 0 bridgehead atoms. The van der Waals surface area contributed by atoms with Gasteiger partial charge >= 0.3 is 5.97 Å². The Hall–Kier alpha value is -1.46. The number of carboxylic acid groups (broad SMARTS) is 1. The summed E-state index contributed by atoms with van der Waals surface area (Å²) in [7, 11) is 0. The molecular weight excluding hydrogens is 220 g/mol. The highest BCUT2D eigenvalue weighted by molar-refractivity contribution is 5.87. The average molecular weight is 238 g/mol. The van der Waals surface area contributed by atoms with Crippen LogP contribution < -0.4 is 5.32 Å². The largest absolute Gasteiger partial charge is 0.478 e. The first-order valence-electron chi connectivity index (χ1n) is 5.66. The lowest BCUT2D eigenvalue weighted by Crippen LogP contribution is -2.17. The van der Waals surface area contributed by atoms with Crippen LogP contribution in [0, 0.1) is 0 Å². The number of hydrogen-bond acceptors (Lipinski definition) is 4. The van der Waals surface area contributed by atoms with Crippen LogP contribution in [0.2, 0.25) is 0 Å². The summed E-state index contributed by atoms with van der Waals surface area (Å²) in [5, 5.41) is 20.9. The molecule has 1 aromatic rings. The maximum Gasteiger partial charge on any atom is 0.337 e. The van der Waals surface area contributed by atoms with Crippen molar-refractivity contribution in [2.75, 3.05) is 6.54 Å². The first-order chi connectivity index (χ1) is 8.09. The van der Waals surface area contributed by atoms with Gasteiger partial charge in [0, 0.05) is 12.7 Å². The fraction of sp³-hybridized carbons (Fsp3) is 0.500. The maximum absolute atomic E-state index is 10.6. The van der Waals surface area contributed by atoms with E-state index in [0.717, 1.165) is 25.1 Å². The van der Waals surface area contributed by atoms with Crippen LogP contribution in [0.25, 0.3) is 0 Å². The lowest BCUT2D eigenvalue weighted by Gasteiger charge is -2.06. The third-order valence-electron chi connectivity index (χ3n) is 2.35.